The molecule has 0 saturated carbocycles. The fourth-order valence-electron chi connectivity index (χ4n) is 5.20. The Labute approximate surface area is 336 Å². The van der Waals surface area contributed by atoms with Gasteiger partial charge >= 0.3 is 30.1 Å². The molecule has 0 spiro atoms. The summed E-state index contributed by atoms with van der Waals surface area (Å²) in [6, 6.07) is 15.3. The highest BCUT2D eigenvalue weighted by Crippen LogP contribution is 2.31. The van der Waals surface area contributed by atoms with Crippen molar-refractivity contribution in [1.82, 2.24) is 0 Å². The highest BCUT2D eigenvalue weighted by molar-refractivity contribution is 5.93. The van der Waals surface area contributed by atoms with Crippen LogP contribution in [0.4, 0.5) is 24.5 Å². The van der Waals surface area contributed by atoms with E-state index in [9.17, 15) is 32.3 Å². The molecule has 0 aliphatic carbocycles. The van der Waals surface area contributed by atoms with Crippen molar-refractivity contribution in [2.24, 2.45) is 0 Å². The largest absolute Gasteiger partial charge is 0.494 e. The zero-order chi connectivity index (χ0) is 42.2. The minimum absolute atomic E-state index is 0.0981. The zero-order valence-electron chi connectivity index (χ0n) is 32.6. The summed E-state index contributed by atoms with van der Waals surface area (Å²) in [6.07, 6.45) is 6.57. The molecule has 0 radical (unpaired) electrons. The van der Waals surface area contributed by atoms with Gasteiger partial charge in [-0.25, -0.2) is 19.2 Å². The lowest BCUT2D eigenvalue weighted by Crippen LogP contribution is -2.10. The molecule has 3 aromatic carbocycles. The number of hydrogen-bond donors (Lipinski definition) is 2. The molecule has 0 aliphatic heterocycles. The average molecular weight is 813 g/mol. The smallest absolute Gasteiger partial charge is 0.389 e. The van der Waals surface area contributed by atoms with Gasteiger partial charge in [-0.15, -0.1) is 0 Å². The molecule has 314 valence electrons. The molecule has 0 fully saturated rings. The van der Waals surface area contributed by atoms with Crippen molar-refractivity contribution in [2.75, 3.05) is 44.5 Å². The van der Waals surface area contributed by atoms with Gasteiger partial charge in [-0.05, 0) is 125 Å². The van der Waals surface area contributed by atoms with Crippen LogP contribution >= 0.6 is 0 Å². The fourth-order valence-corrected chi connectivity index (χ4v) is 5.20. The molecular weight excluding hydrogens is 761 g/mol. The van der Waals surface area contributed by atoms with Gasteiger partial charge in [-0.3, -0.25) is 0 Å². The summed E-state index contributed by atoms with van der Waals surface area (Å²) in [5, 5.41) is 0. The lowest BCUT2D eigenvalue weighted by atomic mass is 10.1. The molecule has 0 unspecified atom stereocenters. The molecule has 3 rings (SSSR count). The molecule has 0 amide bonds. The van der Waals surface area contributed by atoms with Crippen LogP contribution in [0.5, 0.6) is 17.2 Å². The summed E-state index contributed by atoms with van der Waals surface area (Å²) in [5.41, 5.74) is 13.8. The topological polar surface area (TPSA) is 176 Å². The second-order valence-corrected chi connectivity index (χ2v) is 13.0. The van der Waals surface area contributed by atoms with Crippen LogP contribution in [0.1, 0.15) is 97.4 Å². The van der Waals surface area contributed by atoms with Crippen molar-refractivity contribution in [3.63, 3.8) is 0 Å². The van der Waals surface area contributed by atoms with Gasteiger partial charge in [-0.2, -0.15) is 13.2 Å². The van der Waals surface area contributed by atoms with E-state index in [-0.39, 0.29) is 60.5 Å². The number of nitrogens with two attached hydrogens (primary N) is 2. The predicted molar refractivity (Wildman–Crippen MR) is 212 cm³/mol. The maximum atomic E-state index is 12.6. The number of esters is 4. The number of carbonyl (C=O) groups is 4. The highest BCUT2D eigenvalue weighted by atomic mass is 19.4. The Bertz CT molecular complexity index is 1790. The Hall–Kier alpha value is -5.99. The molecule has 0 atom stereocenters. The second kappa shape index (κ2) is 25.3. The SMILES string of the molecule is C/C=C/C(=O)OCCCCCCOc1c(N)cc(C(=O)OCCCCCCOC(=O)/C=C/c2ccc(OC(=O)c3ccc(OCCCC(F)(F)F)cc3)cc2)cc1N. The summed E-state index contributed by atoms with van der Waals surface area (Å²) in [6.45, 7) is 2.85. The van der Waals surface area contributed by atoms with Crippen LogP contribution < -0.4 is 25.7 Å². The van der Waals surface area contributed by atoms with E-state index in [4.69, 9.17) is 39.9 Å². The third kappa shape index (κ3) is 18.8. The summed E-state index contributed by atoms with van der Waals surface area (Å²) in [5.74, 6) is -1.08. The first-order chi connectivity index (χ1) is 27.8. The van der Waals surface area contributed by atoms with Crippen molar-refractivity contribution in [1.29, 1.82) is 0 Å². The van der Waals surface area contributed by atoms with Gasteiger partial charge in [-0.1, -0.05) is 18.2 Å². The molecule has 0 aromatic heterocycles. The molecule has 0 bridgehead atoms. The molecule has 0 saturated heterocycles. The van der Waals surface area contributed by atoms with E-state index >= 15 is 0 Å². The van der Waals surface area contributed by atoms with Crippen molar-refractivity contribution < 1.29 is 60.8 Å². The van der Waals surface area contributed by atoms with E-state index in [1.54, 1.807) is 43.3 Å². The Balaban J connectivity index is 1.24. The van der Waals surface area contributed by atoms with Gasteiger partial charge in [0.2, 0.25) is 0 Å². The molecule has 3 aromatic rings. The van der Waals surface area contributed by atoms with Crippen molar-refractivity contribution in [2.45, 2.75) is 77.3 Å². The van der Waals surface area contributed by atoms with Crippen LogP contribution in [0.3, 0.4) is 0 Å². The van der Waals surface area contributed by atoms with E-state index in [0.29, 0.717) is 43.1 Å². The number of carbonyl (C=O) groups excluding carboxylic acids is 4. The average Bonchev–Trinajstić information content (AvgIpc) is 3.18. The first kappa shape index (κ1) is 46.4. The molecule has 4 N–H and O–H groups in total. The Morgan fingerprint density at radius 1 is 0.586 bits per heavy atom. The number of anilines is 2. The standard InChI is InChI=1S/C43H51F3N2O10/c1-2-12-38(49)54-24-7-3-5-9-26-56-40-36(47)29-33(30-37(40)48)41(51)57-27-10-6-4-8-25-55-39(50)22-15-31-13-18-35(19-14-31)58-42(52)32-16-20-34(21-17-32)53-28-11-23-43(44,45)46/h2,12-22,29-30H,3-11,23-28,47-48H2,1H3/b12-2+,22-15+. The van der Waals surface area contributed by atoms with Crippen LogP contribution in [0.2, 0.25) is 0 Å². The van der Waals surface area contributed by atoms with E-state index in [1.165, 1.54) is 48.6 Å². The lowest BCUT2D eigenvalue weighted by molar-refractivity contribution is -0.138. The first-order valence-corrected chi connectivity index (χ1v) is 19.1. The number of allylic oxidation sites excluding steroid dienone is 1. The number of rotatable bonds is 25. The highest BCUT2D eigenvalue weighted by Gasteiger charge is 2.26. The van der Waals surface area contributed by atoms with Crippen LogP contribution in [0.25, 0.3) is 6.08 Å². The Morgan fingerprint density at radius 3 is 1.67 bits per heavy atom. The van der Waals surface area contributed by atoms with Gasteiger partial charge < -0.3 is 39.9 Å². The number of hydrogen-bond acceptors (Lipinski definition) is 12. The zero-order valence-corrected chi connectivity index (χ0v) is 32.6. The fraction of sp³-hybridized carbons (Fsp3) is 0.395. The second-order valence-electron chi connectivity index (χ2n) is 13.0. The number of ether oxygens (including phenoxy) is 6. The summed E-state index contributed by atoms with van der Waals surface area (Å²) < 4.78 is 68.8. The normalized spacial score (nSPS) is 11.4. The van der Waals surface area contributed by atoms with Crippen LogP contribution in [0.15, 0.2) is 78.9 Å². The number of alkyl halides is 3. The maximum Gasteiger partial charge on any atom is 0.389 e. The Kier molecular flexibility index (Phi) is 20.2. The number of benzene rings is 3. The van der Waals surface area contributed by atoms with Crippen molar-refractivity contribution in [3.05, 3.63) is 95.6 Å². The lowest BCUT2D eigenvalue weighted by Gasteiger charge is -2.13. The minimum Gasteiger partial charge on any atom is -0.494 e. The summed E-state index contributed by atoms with van der Waals surface area (Å²) in [7, 11) is 0. The summed E-state index contributed by atoms with van der Waals surface area (Å²) >= 11 is 0. The molecular formula is C43H51F3N2O10. The maximum absolute atomic E-state index is 12.6. The van der Waals surface area contributed by atoms with E-state index in [0.717, 1.165) is 38.5 Å². The van der Waals surface area contributed by atoms with Crippen LogP contribution in [-0.4, -0.2) is 63.1 Å². The van der Waals surface area contributed by atoms with Gasteiger partial charge in [0.25, 0.3) is 0 Å². The van der Waals surface area contributed by atoms with Gasteiger partial charge in [0.05, 0.1) is 55.5 Å². The molecule has 12 nitrogen and oxygen atoms in total. The van der Waals surface area contributed by atoms with E-state index < -0.39 is 30.5 Å². The number of nitrogen functional groups attached to an aromatic ring is 2. The number of halogens is 3. The monoisotopic (exact) mass is 812 g/mol. The van der Waals surface area contributed by atoms with Gasteiger partial charge in [0.15, 0.2) is 5.75 Å². The third-order valence-corrected chi connectivity index (χ3v) is 8.20. The minimum atomic E-state index is -4.23. The molecule has 58 heavy (non-hydrogen) atoms. The number of unbranched alkanes of at least 4 members (excludes halogenated alkanes) is 6. The molecule has 0 heterocycles. The van der Waals surface area contributed by atoms with E-state index in [1.807, 2.05) is 0 Å². The van der Waals surface area contributed by atoms with Gasteiger partial charge in [0, 0.05) is 18.6 Å². The van der Waals surface area contributed by atoms with Crippen molar-refractivity contribution in [3.8, 4) is 17.2 Å². The Morgan fingerprint density at radius 2 is 1.10 bits per heavy atom. The van der Waals surface area contributed by atoms with Gasteiger partial charge in [0.1, 0.15) is 11.5 Å². The first-order valence-electron chi connectivity index (χ1n) is 19.1. The third-order valence-electron chi connectivity index (χ3n) is 8.20. The molecule has 15 heteroatoms. The van der Waals surface area contributed by atoms with Crippen LogP contribution in [0, 0.1) is 0 Å². The summed E-state index contributed by atoms with van der Waals surface area (Å²) in [4.78, 5) is 48.5. The van der Waals surface area contributed by atoms with Crippen LogP contribution in [-0.2, 0) is 23.8 Å². The van der Waals surface area contributed by atoms with Crippen molar-refractivity contribution >= 4 is 41.3 Å². The molecule has 0 aliphatic rings. The van der Waals surface area contributed by atoms with E-state index in [2.05, 4.69) is 0 Å². The predicted octanol–water partition coefficient (Wildman–Crippen LogP) is 8.82. The quantitative estimate of drug-likeness (QED) is 0.0208.